The molecule has 6 nitrogen and oxygen atoms in total. The van der Waals surface area contributed by atoms with Crippen molar-refractivity contribution < 1.29 is 9.53 Å². The van der Waals surface area contributed by atoms with Gasteiger partial charge >= 0.3 is 0 Å². The van der Waals surface area contributed by atoms with Gasteiger partial charge in [-0.05, 0) is 31.5 Å². The Bertz CT molecular complexity index is 737. The number of nitrogens with two attached hydrogens (primary N) is 1. The van der Waals surface area contributed by atoms with Crippen LogP contribution in [0.25, 0.3) is 0 Å². The Labute approximate surface area is 164 Å². The predicted molar refractivity (Wildman–Crippen MR) is 108 cm³/mol. The zero-order chi connectivity index (χ0) is 19.2. The van der Waals surface area contributed by atoms with Crippen LogP contribution in [-0.4, -0.2) is 47.6 Å². The quantitative estimate of drug-likeness (QED) is 0.760. The van der Waals surface area contributed by atoms with Crippen LogP contribution in [0.15, 0.2) is 29.6 Å². The molecule has 0 aliphatic carbocycles. The molecule has 1 fully saturated rings. The number of thiazole rings is 1. The molecule has 1 aliphatic heterocycles. The summed E-state index contributed by atoms with van der Waals surface area (Å²) in [5, 5.41) is 5.62. The van der Waals surface area contributed by atoms with Crippen molar-refractivity contribution >= 4 is 17.2 Å². The first-order valence-corrected chi connectivity index (χ1v) is 10.3. The van der Waals surface area contributed by atoms with E-state index in [1.54, 1.807) is 5.38 Å². The number of amides is 1. The summed E-state index contributed by atoms with van der Waals surface area (Å²) in [4.78, 5) is 19.0. The van der Waals surface area contributed by atoms with Gasteiger partial charge in [0.05, 0.1) is 17.2 Å². The number of hydrogen-bond donors (Lipinski definition) is 2. The summed E-state index contributed by atoms with van der Waals surface area (Å²) in [6, 6.07) is 8.41. The van der Waals surface area contributed by atoms with Crippen LogP contribution in [0.1, 0.15) is 40.5 Å². The number of hydrogen-bond acceptors (Lipinski definition) is 6. The lowest BCUT2D eigenvalue weighted by atomic mass is 10.1. The summed E-state index contributed by atoms with van der Waals surface area (Å²) in [6.07, 6.45) is 1.26. The Balaban J connectivity index is 1.49. The van der Waals surface area contributed by atoms with Gasteiger partial charge in [-0.2, -0.15) is 0 Å². The van der Waals surface area contributed by atoms with Crippen molar-refractivity contribution in [2.45, 2.75) is 45.6 Å². The zero-order valence-corrected chi connectivity index (χ0v) is 16.8. The van der Waals surface area contributed by atoms with Crippen LogP contribution in [0, 0.1) is 0 Å². The predicted octanol–water partition coefficient (Wildman–Crippen LogP) is 2.18. The highest BCUT2D eigenvalue weighted by atomic mass is 32.1. The molecule has 0 bridgehead atoms. The smallest absolute Gasteiger partial charge is 0.271 e. The number of carbonyl (C=O) groups is 1. The number of morpholine rings is 1. The molecule has 2 unspecified atom stereocenters. The van der Waals surface area contributed by atoms with Gasteiger partial charge in [0.2, 0.25) is 0 Å². The molecular weight excluding hydrogens is 360 g/mol. The molecule has 0 saturated carbocycles. The molecule has 7 heteroatoms. The summed E-state index contributed by atoms with van der Waals surface area (Å²) >= 11 is 1.48. The highest BCUT2D eigenvalue weighted by Gasteiger charge is 2.21. The highest BCUT2D eigenvalue weighted by molar-refractivity contribution is 7.09. The largest absolute Gasteiger partial charge is 0.373 e. The molecule has 0 radical (unpaired) electrons. The maximum absolute atomic E-state index is 12.2. The Hall–Kier alpha value is -1.80. The minimum absolute atomic E-state index is 0.144. The first-order valence-electron chi connectivity index (χ1n) is 9.41. The van der Waals surface area contributed by atoms with Crippen molar-refractivity contribution in [3.05, 3.63) is 51.5 Å². The molecule has 2 atom stereocenters. The minimum atomic E-state index is -0.144. The summed E-state index contributed by atoms with van der Waals surface area (Å²) in [5.41, 5.74) is 8.34. The van der Waals surface area contributed by atoms with Gasteiger partial charge in [0.15, 0.2) is 0 Å². The number of benzene rings is 1. The second-order valence-electron chi connectivity index (χ2n) is 7.12. The van der Waals surface area contributed by atoms with Gasteiger partial charge in [0.1, 0.15) is 5.69 Å². The third kappa shape index (κ3) is 5.84. The molecule has 1 aromatic carbocycles. The number of aromatic nitrogens is 1. The number of ether oxygens (including phenoxy) is 1. The van der Waals surface area contributed by atoms with Crippen LogP contribution in [0.2, 0.25) is 0 Å². The van der Waals surface area contributed by atoms with Gasteiger partial charge in [-0.25, -0.2) is 4.98 Å². The van der Waals surface area contributed by atoms with E-state index in [0.717, 1.165) is 30.2 Å². The highest BCUT2D eigenvalue weighted by Crippen LogP contribution is 2.15. The molecule has 1 amide bonds. The van der Waals surface area contributed by atoms with Gasteiger partial charge in [0, 0.05) is 38.0 Å². The fourth-order valence-electron chi connectivity index (χ4n) is 3.36. The molecule has 27 heavy (non-hydrogen) atoms. The fraction of sp³-hybridized carbons (Fsp3) is 0.500. The maximum atomic E-state index is 12.2. The van der Waals surface area contributed by atoms with E-state index in [4.69, 9.17) is 10.5 Å². The van der Waals surface area contributed by atoms with Gasteiger partial charge in [-0.1, -0.05) is 24.3 Å². The average Bonchev–Trinajstić information content (AvgIpc) is 3.09. The van der Waals surface area contributed by atoms with Crippen LogP contribution in [0.5, 0.6) is 0 Å². The summed E-state index contributed by atoms with van der Waals surface area (Å²) in [7, 11) is 0. The normalized spacial score (nSPS) is 20.6. The Morgan fingerprint density at radius 3 is 2.59 bits per heavy atom. The van der Waals surface area contributed by atoms with Gasteiger partial charge < -0.3 is 15.8 Å². The first kappa shape index (κ1) is 19.9. The van der Waals surface area contributed by atoms with Gasteiger partial charge in [-0.3, -0.25) is 9.69 Å². The van der Waals surface area contributed by atoms with Crippen molar-refractivity contribution in [1.82, 2.24) is 15.2 Å². The van der Waals surface area contributed by atoms with Crippen molar-refractivity contribution in [2.75, 3.05) is 19.6 Å². The molecule has 146 valence electrons. The zero-order valence-electron chi connectivity index (χ0n) is 16.0. The van der Waals surface area contributed by atoms with E-state index in [1.165, 1.54) is 16.9 Å². The Morgan fingerprint density at radius 1 is 1.26 bits per heavy atom. The molecule has 3 rings (SSSR count). The fourth-order valence-corrected chi connectivity index (χ4v) is 4.15. The molecule has 1 aromatic heterocycles. The topological polar surface area (TPSA) is 80.5 Å². The number of nitrogens with one attached hydrogen (secondary N) is 1. The molecule has 2 aromatic rings. The SMILES string of the molecule is CC1CN(Cc2ccc(CNC(=O)c3csc(CCN)n3)cc2)CC(C)O1. The first-order chi connectivity index (χ1) is 13.0. The third-order valence-corrected chi connectivity index (χ3v) is 5.43. The van der Waals surface area contributed by atoms with Crippen LogP contribution in [0.3, 0.4) is 0 Å². The number of rotatable bonds is 7. The summed E-state index contributed by atoms with van der Waals surface area (Å²) in [6.45, 7) is 8.13. The summed E-state index contributed by atoms with van der Waals surface area (Å²) in [5.74, 6) is -0.144. The van der Waals surface area contributed by atoms with E-state index in [9.17, 15) is 4.79 Å². The van der Waals surface area contributed by atoms with Gasteiger partial charge in [0.25, 0.3) is 5.91 Å². The van der Waals surface area contributed by atoms with Crippen molar-refractivity contribution in [3.63, 3.8) is 0 Å². The van der Waals surface area contributed by atoms with Crippen LogP contribution in [-0.2, 0) is 24.2 Å². The van der Waals surface area contributed by atoms with E-state index in [2.05, 4.69) is 53.3 Å². The standard InChI is InChI=1S/C20H28N4O2S/c1-14-10-24(11-15(2)26-14)12-17-5-3-16(4-6-17)9-22-20(25)18-13-27-19(23-18)7-8-21/h3-6,13-15H,7-12,21H2,1-2H3,(H,22,25). The molecule has 3 N–H and O–H groups in total. The van der Waals surface area contributed by atoms with Crippen LogP contribution >= 0.6 is 11.3 Å². The second-order valence-corrected chi connectivity index (χ2v) is 8.06. The lowest BCUT2D eigenvalue weighted by Crippen LogP contribution is -2.44. The van der Waals surface area contributed by atoms with Crippen molar-refractivity contribution in [3.8, 4) is 0 Å². The van der Waals surface area contributed by atoms with E-state index in [0.29, 0.717) is 25.2 Å². The van der Waals surface area contributed by atoms with Crippen molar-refractivity contribution in [2.24, 2.45) is 5.73 Å². The maximum Gasteiger partial charge on any atom is 0.271 e. The third-order valence-electron chi connectivity index (χ3n) is 4.52. The van der Waals surface area contributed by atoms with Crippen molar-refractivity contribution in [1.29, 1.82) is 0 Å². The monoisotopic (exact) mass is 388 g/mol. The Morgan fingerprint density at radius 2 is 1.93 bits per heavy atom. The summed E-state index contributed by atoms with van der Waals surface area (Å²) < 4.78 is 5.79. The van der Waals surface area contributed by atoms with E-state index >= 15 is 0 Å². The van der Waals surface area contributed by atoms with Gasteiger partial charge in [-0.15, -0.1) is 11.3 Å². The van der Waals surface area contributed by atoms with E-state index in [1.807, 2.05) is 0 Å². The molecule has 2 heterocycles. The molecular formula is C20H28N4O2S. The van der Waals surface area contributed by atoms with E-state index < -0.39 is 0 Å². The van der Waals surface area contributed by atoms with Crippen LogP contribution < -0.4 is 11.1 Å². The molecule has 1 saturated heterocycles. The number of carbonyl (C=O) groups excluding carboxylic acids is 1. The average molecular weight is 389 g/mol. The second kappa shape index (κ2) is 9.41. The van der Waals surface area contributed by atoms with E-state index in [-0.39, 0.29) is 18.1 Å². The lowest BCUT2D eigenvalue weighted by molar-refractivity contribution is -0.0704. The molecule has 1 aliphatic rings. The van der Waals surface area contributed by atoms with Crippen LogP contribution in [0.4, 0.5) is 0 Å². The molecule has 0 spiro atoms. The Kier molecular flexibility index (Phi) is 6.95. The minimum Gasteiger partial charge on any atom is -0.373 e. The number of nitrogens with zero attached hydrogens (tertiary/aromatic N) is 2. The lowest BCUT2D eigenvalue weighted by Gasteiger charge is -2.35.